The number of sulfone groups is 1. The molecule has 27 heavy (non-hydrogen) atoms. The number of amides is 1. The van der Waals surface area contributed by atoms with Crippen molar-refractivity contribution in [2.24, 2.45) is 5.92 Å². The number of piperidine rings is 1. The summed E-state index contributed by atoms with van der Waals surface area (Å²) in [7, 11) is -3.14. The van der Waals surface area contributed by atoms with E-state index >= 15 is 0 Å². The van der Waals surface area contributed by atoms with E-state index in [1.165, 1.54) is 6.26 Å². The summed E-state index contributed by atoms with van der Waals surface area (Å²) < 4.78 is 28.3. The van der Waals surface area contributed by atoms with Crippen LogP contribution in [0, 0.1) is 5.92 Å². The van der Waals surface area contributed by atoms with Crippen molar-refractivity contribution in [2.45, 2.75) is 57.0 Å². The minimum absolute atomic E-state index is 0. The fraction of sp³-hybridized carbons (Fsp3) is 0.650. The van der Waals surface area contributed by atoms with Crippen molar-refractivity contribution >= 4 is 21.6 Å². The summed E-state index contributed by atoms with van der Waals surface area (Å²) in [4.78, 5) is 14.2. The SMILES string of the molecule is CC(C)(C)OC(=O)N1CCC(CCCNc2ccc(S(C)(=O)=O)cc2)CC1.[HH]. The lowest BCUT2D eigenvalue weighted by Gasteiger charge is -2.33. The van der Waals surface area contributed by atoms with E-state index in [4.69, 9.17) is 4.74 Å². The van der Waals surface area contributed by atoms with Gasteiger partial charge in [0.2, 0.25) is 0 Å². The third-order valence-corrected chi connectivity index (χ3v) is 5.80. The van der Waals surface area contributed by atoms with Crippen LogP contribution >= 0.6 is 0 Å². The summed E-state index contributed by atoms with van der Waals surface area (Å²) >= 11 is 0. The fourth-order valence-electron chi connectivity index (χ4n) is 3.17. The zero-order valence-electron chi connectivity index (χ0n) is 16.8. The number of ether oxygens (including phenoxy) is 1. The summed E-state index contributed by atoms with van der Waals surface area (Å²) in [5, 5.41) is 3.34. The third-order valence-electron chi connectivity index (χ3n) is 4.67. The molecule has 2 rings (SSSR count). The highest BCUT2D eigenvalue weighted by Gasteiger charge is 2.26. The van der Waals surface area contributed by atoms with Gasteiger partial charge in [-0.15, -0.1) is 0 Å². The average Bonchev–Trinajstić information content (AvgIpc) is 2.57. The van der Waals surface area contributed by atoms with E-state index in [0.717, 1.165) is 51.0 Å². The lowest BCUT2D eigenvalue weighted by Crippen LogP contribution is -2.41. The quantitative estimate of drug-likeness (QED) is 0.728. The lowest BCUT2D eigenvalue weighted by molar-refractivity contribution is 0.0181. The van der Waals surface area contributed by atoms with Crippen LogP contribution in [0.1, 0.15) is 47.9 Å². The summed E-state index contributed by atoms with van der Waals surface area (Å²) in [6, 6.07) is 6.86. The summed E-state index contributed by atoms with van der Waals surface area (Å²) in [6.45, 7) is 8.04. The molecule has 1 N–H and O–H groups in total. The van der Waals surface area contributed by atoms with Gasteiger partial charge in [-0.25, -0.2) is 13.2 Å². The van der Waals surface area contributed by atoms with Crippen LogP contribution in [0.15, 0.2) is 29.2 Å². The molecule has 1 heterocycles. The molecule has 154 valence electrons. The summed E-state index contributed by atoms with van der Waals surface area (Å²) in [5.74, 6) is 0.637. The maximum Gasteiger partial charge on any atom is 0.410 e. The van der Waals surface area contributed by atoms with Crippen molar-refractivity contribution in [3.63, 3.8) is 0 Å². The van der Waals surface area contributed by atoms with Crippen LogP contribution in [-0.4, -0.2) is 50.9 Å². The Kier molecular flexibility index (Phi) is 7.14. The summed E-state index contributed by atoms with van der Waals surface area (Å²) in [5.41, 5.74) is 0.487. The molecule has 1 aromatic carbocycles. The number of carbonyl (C=O) groups excluding carboxylic acids is 1. The number of benzene rings is 1. The van der Waals surface area contributed by atoms with Crippen LogP contribution < -0.4 is 5.32 Å². The monoisotopic (exact) mass is 398 g/mol. The van der Waals surface area contributed by atoms with E-state index in [1.54, 1.807) is 24.3 Å². The summed E-state index contributed by atoms with van der Waals surface area (Å²) in [6.07, 6.45) is 5.20. The van der Waals surface area contributed by atoms with Gasteiger partial charge in [-0.05, 0) is 76.6 Å². The largest absolute Gasteiger partial charge is 0.444 e. The van der Waals surface area contributed by atoms with Gasteiger partial charge in [0.15, 0.2) is 9.84 Å². The number of anilines is 1. The molecule has 0 radical (unpaired) electrons. The van der Waals surface area contributed by atoms with E-state index in [9.17, 15) is 13.2 Å². The van der Waals surface area contributed by atoms with Gasteiger partial charge in [0, 0.05) is 33.0 Å². The first-order chi connectivity index (χ1) is 12.5. The molecule has 1 amide bonds. The van der Waals surface area contributed by atoms with E-state index in [-0.39, 0.29) is 7.52 Å². The highest BCUT2D eigenvalue weighted by atomic mass is 32.2. The van der Waals surface area contributed by atoms with Crippen LogP contribution in [0.2, 0.25) is 0 Å². The molecule has 1 saturated heterocycles. The average molecular weight is 399 g/mol. The molecule has 1 fully saturated rings. The number of hydrogen-bond donors (Lipinski definition) is 1. The van der Waals surface area contributed by atoms with E-state index in [2.05, 4.69) is 5.32 Å². The molecular weight excluding hydrogens is 364 g/mol. The highest BCUT2D eigenvalue weighted by molar-refractivity contribution is 7.90. The molecule has 0 unspecified atom stereocenters. The first-order valence-electron chi connectivity index (χ1n) is 9.56. The standard InChI is InChI=1S/C20H32N2O4S.H2/c1-20(2,3)26-19(23)22-14-11-16(12-15-22)6-5-13-21-17-7-9-18(10-8-17)27(4,24)25;/h7-10,16,21H,5-6,11-15H2,1-4H3;1H. The molecule has 1 aromatic rings. The van der Waals surface area contributed by atoms with Crippen molar-refractivity contribution in [3.8, 4) is 0 Å². The number of hydrogen-bond acceptors (Lipinski definition) is 5. The predicted octanol–water partition coefficient (Wildman–Crippen LogP) is 4.18. The third kappa shape index (κ3) is 7.40. The second-order valence-electron chi connectivity index (χ2n) is 8.28. The number of rotatable bonds is 6. The number of nitrogens with zero attached hydrogens (tertiary/aromatic N) is 1. The lowest BCUT2D eigenvalue weighted by atomic mass is 9.92. The minimum atomic E-state index is -3.14. The maximum atomic E-state index is 12.1. The molecule has 0 aliphatic carbocycles. The molecule has 0 saturated carbocycles. The first-order valence-corrected chi connectivity index (χ1v) is 11.5. The van der Waals surface area contributed by atoms with Gasteiger partial charge < -0.3 is 15.0 Å². The molecular formula is C20H34N2O4S. The Hall–Kier alpha value is -1.76. The van der Waals surface area contributed by atoms with Crippen LogP contribution in [0.3, 0.4) is 0 Å². The van der Waals surface area contributed by atoms with Crippen molar-refractivity contribution in [1.82, 2.24) is 4.90 Å². The Morgan fingerprint density at radius 1 is 1.22 bits per heavy atom. The highest BCUT2D eigenvalue weighted by Crippen LogP contribution is 2.23. The number of likely N-dealkylation sites (tertiary alicyclic amines) is 1. The van der Waals surface area contributed by atoms with Crippen LogP contribution in [-0.2, 0) is 14.6 Å². The normalized spacial score (nSPS) is 16.2. The Morgan fingerprint density at radius 2 is 1.81 bits per heavy atom. The zero-order valence-corrected chi connectivity index (χ0v) is 17.6. The second-order valence-corrected chi connectivity index (χ2v) is 10.3. The first kappa shape index (κ1) is 21.5. The van der Waals surface area contributed by atoms with Gasteiger partial charge in [-0.3, -0.25) is 0 Å². The topological polar surface area (TPSA) is 75.7 Å². The molecule has 0 aromatic heterocycles. The van der Waals surface area contributed by atoms with Crippen molar-refractivity contribution in [3.05, 3.63) is 24.3 Å². The fourth-order valence-corrected chi connectivity index (χ4v) is 3.80. The van der Waals surface area contributed by atoms with Crippen LogP contribution in [0.5, 0.6) is 0 Å². The van der Waals surface area contributed by atoms with Crippen molar-refractivity contribution in [1.29, 1.82) is 0 Å². The predicted molar refractivity (Wildman–Crippen MR) is 110 cm³/mol. The van der Waals surface area contributed by atoms with E-state index < -0.39 is 15.4 Å². The second kappa shape index (κ2) is 8.95. The molecule has 0 bridgehead atoms. The Bertz CT molecular complexity index is 722. The Labute approximate surface area is 164 Å². The number of nitrogens with one attached hydrogen (secondary N) is 1. The van der Waals surface area contributed by atoms with Gasteiger partial charge in [-0.1, -0.05) is 0 Å². The van der Waals surface area contributed by atoms with Gasteiger partial charge >= 0.3 is 6.09 Å². The van der Waals surface area contributed by atoms with Crippen LogP contribution in [0.25, 0.3) is 0 Å². The molecule has 0 atom stereocenters. The van der Waals surface area contributed by atoms with E-state index in [1.807, 2.05) is 25.7 Å². The van der Waals surface area contributed by atoms with Crippen molar-refractivity contribution < 1.29 is 19.4 Å². The minimum Gasteiger partial charge on any atom is -0.444 e. The zero-order chi connectivity index (χ0) is 20.1. The molecule has 1 aliphatic rings. The molecule has 6 nitrogen and oxygen atoms in total. The van der Waals surface area contributed by atoms with Gasteiger partial charge in [0.25, 0.3) is 0 Å². The molecule has 1 aliphatic heterocycles. The van der Waals surface area contributed by atoms with Gasteiger partial charge in [0.1, 0.15) is 5.60 Å². The van der Waals surface area contributed by atoms with Gasteiger partial charge in [-0.2, -0.15) is 0 Å². The Balaban J connectivity index is 0.00000392. The maximum absolute atomic E-state index is 12.1. The van der Waals surface area contributed by atoms with Crippen molar-refractivity contribution in [2.75, 3.05) is 31.2 Å². The number of carbonyl (C=O) groups is 1. The van der Waals surface area contributed by atoms with E-state index in [0.29, 0.717) is 10.8 Å². The van der Waals surface area contributed by atoms with Crippen LogP contribution in [0.4, 0.5) is 10.5 Å². The molecule has 7 heteroatoms. The Morgan fingerprint density at radius 3 is 2.33 bits per heavy atom. The molecule has 0 spiro atoms. The smallest absolute Gasteiger partial charge is 0.410 e. The van der Waals surface area contributed by atoms with Gasteiger partial charge in [0.05, 0.1) is 4.90 Å².